The van der Waals surface area contributed by atoms with Crippen LogP contribution in [0, 0.1) is 11.8 Å². The Kier molecular flexibility index (Phi) is 5.36. The predicted octanol–water partition coefficient (Wildman–Crippen LogP) is 1.43. The number of halogens is 1. The largest absolute Gasteiger partial charge is 0.495 e. The van der Waals surface area contributed by atoms with Crippen molar-refractivity contribution >= 4 is 35.0 Å². The number of benzene rings is 1. The highest BCUT2D eigenvalue weighted by atomic mass is 35.5. The lowest BCUT2D eigenvalue weighted by atomic mass is 9.95. The lowest BCUT2D eigenvalue weighted by molar-refractivity contribution is -0.138. The SMILES string of the molecule is COc1ccc(N2C[C@H](C(=O)N3CCC(C(N)=O)CC3)CC2=O)cc1Cl. The number of hydrogen-bond acceptors (Lipinski definition) is 4. The van der Waals surface area contributed by atoms with Crippen LogP contribution in [0.2, 0.25) is 5.02 Å². The first-order chi connectivity index (χ1) is 12.4. The van der Waals surface area contributed by atoms with Crippen LogP contribution in [0.4, 0.5) is 5.69 Å². The maximum atomic E-state index is 12.8. The summed E-state index contributed by atoms with van der Waals surface area (Å²) in [5.41, 5.74) is 5.99. The molecule has 140 valence electrons. The number of hydrogen-bond donors (Lipinski definition) is 1. The van der Waals surface area contributed by atoms with Gasteiger partial charge in [-0.25, -0.2) is 0 Å². The molecule has 1 aromatic rings. The van der Waals surface area contributed by atoms with E-state index in [9.17, 15) is 14.4 Å². The monoisotopic (exact) mass is 379 g/mol. The van der Waals surface area contributed by atoms with E-state index in [4.69, 9.17) is 22.1 Å². The minimum absolute atomic E-state index is 0.0385. The Balaban J connectivity index is 1.65. The number of primary amides is 1. The number of carbonyl (C=O) groups is 3. The second kappa shape index (κ2) is 7.53. The summed E-state index contributed by atoms with van der Waals surface area (Å²) in [7, 11) is 1.53. The Morgan fingerprint density at radius 3 is 2.50 bits per heavy atom. The third-order valence-electron chi connectivity index (χ3n) is 5.13. The van der Waals surface area contributed by atoms with Crippen molar-refractivity contribution in [3.8, 4) is 5.75 Å². The first kappa shape index (κ1) is 18.5. The fourth-order valence-corrected chi connectivity index (χ4v) is 3.84. The number of anilines is 1. The lowest BCUT2D eigenvalue weighted by Gasteiger charge is -2.32. The van der Waals surface area contributed by atoms with Gasteiger partial charge in [-0.1, -0.05) is 11.6 Å². The highest BCUT2D eigenvalue weighted by molar-refractivity contribution is 6.32. The molecule has 2 aliphatic rings. The fraction of sp³-hybridized carbons (Fsp3) is 0.500. The minimum atomic E-state index is -0.381. The van der Waals surface area contributed by atoms with Gasteiger partial charge in [0.15, 0.2) is 0 Å². The molecular formula is C18H22ClN3O4. The Morgan fingerprint density at radius 1 is 1.23 bits per heavy atom. The Bertz CT molecular complexity index is 731. The van der Waals surface area contributed by atoms with Gasteiger partial charge in [0.05, 0.1) is 18.1 Å². The standard InChI is InChI=1S/C18H22ClN3O4/c1-26-15-3-2-13(9-14(15)19)22-10-12(8-16(22)23)18(25)21-6-4-11(5-7-21)17(20)24/h2-3,9,11-12H,4-8,10H2,1H3,(H2,20,24)/t12-/m1/s1. The normalized spacial score (nSPS) is 21.2. The molecule has 2 heterocycles. The quantitative estimate of drug-likeness (QED) is 0.856. The molecular weight excluding hydrogens is 358 g/mol. The van der Waals surface area contributed by atoms with Gasteiger partial charge in [-0.05, 0) is 31.0 Å². The average molecular weight is 380 g/mol. The van der Waals surface area contributed by atoms with Crippen molar-refractivity contribution in [2.24, 2.45) is 17.6 Å². The van der Waals surface area contributed by atoms with Gasteiger partial charge in [0.1, 0.15) is 5.75 Å². The van der Waals surface area contributed by atoms with Crippen molar-refractivity contribution in [1.82, 2.24) is 4.90 Å². The molecule has 0 aromatic heterocycles. The van der Waals surface area contributed by atoms with E-state index in [-0.39, 0.29) is 36.0 Å². The van der Waals surface area contributed by atoms with E-state index in [1.165, 1.54) is 7.11 Å². The molecule has 0 bridgehead atoms. The molecule has 0 spiro atoms. The molecule has 26 heavy (non-hydrogen) atoms. The smallest absolute Gasteiger partial charge is 0.228 e. The molecule has 2 aliphatic heterocycles. The van der Waals surface area contributed by atoms with E-state index in [1.807, 2.05) is 0 Å². The molecule has 0 radical (unpaired) electrons. The summed E-state index contributed by atoms with van der Waals surface area (Å²) in [6.45, 7) is 1.34. The molecule has 7 nitrogen and oxygen atoms in total. The number of piperidine rings is 1. The van der Waals surface area contributed by atoms with Crippen LogP contribution in [-0.4, -0.2) is 49.4 Å². The first-order valence-electron chi connectivity index (χ1n) is 8.62. The van der Waals surface area contributed by atoms with Crippen LogP contribution in [0.25, 0.3) is 0 Å². The van der Waals surface area contributed by atoms with Crippen LogP contribution in [-0.2, 0) is 14.4 Å². The third kappa shape index (κ3) is 3.62. The average Bonchev–Trinajstić information content (AvgIpc) is 3.02. The number of methoxy groups -OCH3 is 1. The second-order valence-corrected chi connectivity index (χ2v) is 7.13. The van der Waals surface area contributed by atoms with Gasteiger partial charge < -0.3 is 20.3 Å². The maximum Gasteiger partial charge on any atom is 0.228 e. The van der Waals surface area contributed by atoms with Gasteiger partial charge in [-0.2, -0.15) is 0 Å². The highest BCUT2D eigenvalue weighted by Crippen LogP contribution is 2.33. The van der Waals surface area contributed by atoms with Crippen LogP contribution in [0.1, 0.15) is 19.3 Å². The molecule has 3 amide bonds. The van der Waals surface area contributed by atoms with Crippen molar-refractivity contribution in [2.75, 3.05) is 31.6 Å². The molecule has 2 saturated heterocycles. The lowest BCUT2D eigenvalue weighted by Crippen LogP contribution is -2.44. The third-order valence-corrected chi connectivity index (χ3v) is 5.43. The molecule has 1 atom stereocenters. The van der Waals surface area contributed by atoms with E-state index in [0.717, 1.165) is 0 Å². The summed E-state index contributed by atoms with van der Waals surface area (Å²) in [6.07, 6.45) is 1.34. The van der Waals surface area contributed by atoms with Crippen LogP contribution in [0.5, 0.6) is 5.75 Å². The zero-order valence-electron chi connectivity index (χ0n) is 14.6. The van der Waals surface area contributed by atoms with Crippen molar-refractivity contribution < 1.29 is 19.1 Å². The van der Waals surface area contributed by atoms with Gasteiger partial charge in [-0.3, -0.25) is 14.4 Å². The fourth-order valence-electron chi connectivity index (χ4n) is 3.59. The molecule has 2 N–H and O–H groups in total. The van der Waals surface area contributed by atoms with Gasteiger partial charge in [-0.15, -0.1) is 0 Å². The van der Waals surface area contributed by atoms with E-state index in [1.54, 1.807) is 28.0 Å². The van der Waals surface area contributed by atoms with Crippen LogP contribution < -0.4 is 15.4 Å². The maximum absolute atomic E-state index is 12.8. The van der Waals surface area contributed by atoms with Gasteiger partial charge in [0.25, 0.3) is 0 Å². The van der Waals surface area contributed by atoms with Gasteiger partial charge in [0, 0.05) is 37.7 Å². The van der Waals surface area contributed by atoms with Crippen LogP contribution in [0.3, 0.4) is 0 Å². The second-order valence-electron chi connectivity index (χ2n) is 6.73. The summed E-state index contributed by atoms with van der Waals surface area (Å²) >= 11 is 6.14. The highest BCUT2D eigenvalue weighted by Gasteiger charge is 2.38. The van der Waals surface area contributed by atoms with Crippen LogP contribution >= 0.6 is 11.6 Å². The summed E-state index contributed by atoms with van der Waals surface area (Å²) < 4.78 is 5.12. The molecule has 0 aliphatic carbocycles. The summed E-state index contributed by atoms with van der Waals surface area (Å²) in [6, 6.07) is 5.13. The number of nitrogens with two attached hydrogens (primary N) is 1. The number of rotatable bonds is 4. The first-order valence-corrected chi connectivity index (χ1v) is 9.00. The van der Waals surface area contributed by atoms with Gasteiger partial charge >= 0.3 is 0 Å². The van der Waals surface area contributed by atoms with Crippen LogP contribution in [0.15, 0.2) is 18.2 Å². The minimum Gasteiger partial charge on any atom is -0.495 e. The number of carbonyl (C=O) groups excluding carboxylic acids is 3. The summed E-state index contributed by atoms with van der Waals surface area (Å²) in [4.78, 5) is 39.7. The Hall–Kier alpha value is -2.28. The van der Waals surface area contributed by atoms with Crippen molar-refractivity contribution in [3.63, 3.8) is 0 Å². The molecule has 0 saturated carbocycles. The topological polar surface area (TPSA) is 92.9 Å². The van der Waals surface area contributed by atoms with Crippen molar-refractivity contribution in [1.29, 1.82) is 0 Å². The summed E-state index contributed by atoms with van der Waals surface area (Å²) in [5, 5.41) is 0.418. The molecule has 8 heteroatoms. The number of ether oxygens (including phenoxy) is 1. The molecule has 1 aromatic carbocycles. The predicted molar refractivity (Wildman–Crippen MR) is 97.0 cm³/mol. The number of nitrogens with zero attached hydrogens (tertiary/aromatic N) is 2. The summed E-state index contributed by atoms with van der Waals surface area (Å²) in [5.74, 6) is -0.460. The molecule has 3 rings (SSSR count). The van der Waals surface area contributed by atoms with E-state index in [2.05, 4.69) is 0 Å². The zero-order valence-corrected chi connectivity index (χ0v) is 15.4. The number of likely N-dealkylation sites (tertiary alicyclic amines) is 1. The zero-order chi connectivity index (χ0) is 18.8. The van der Waals surface area contributed by atoms with Crippen molar-refractivity contribution in [2.45, 2.75) is 19.3 Å². The van der Waals surface area contributed by atoms with E-state index < -0.39 is 0 Å². The van der Waals surface area contributed by atoms with Crippen molar-refractivity contribution in [3.05, 3.63) is 23.2 Å². The number of amides is 3. The van der Waals surface area contributed by atoms with Gasteiger partial charge in [0.2, 0.25) is 17.7 Å². The Labute approximate surface area is 157 Å². The van der Waals surface area contributed by atoms with E-state index in [0.29, 0.717) is 48.9 Å². The van der Waals surface area contributed by atoms with E-state index >= 15 is 0 Å². The Morgan fingerprint density at radius 2 is 1.92 bits per heavy atom. The molecule has 2 fully saturated rings. The molecule has 0 unspecified atom stereocenters.